The van der Waals surface area contributed by atoms with Gasteiger partial charge in [0.1, 0.15) is 0 Å². The molecular formula is C10H22ClNO3S. The Morgan fingerprint density at radius 2 is 1.88 bits per heavy atom. The molecule has 0 amide bonds. The van der Waals surface area contributed by atoms with Gasteiger partial charge in [0.25, 0.3) is 0 Å². The first-order valence-electron chi connectivity index (χ1n) is 5.57. The smallest absolute Gasteiger partial charge is 0.213 e. The SMILES string of the molecule is CCC(CC)C(Cl)CNS(=O)(=O)CCOC. The van der Waals surface area contributed by atoms with Gasteiger partial charge in [0.2, 0.25) is 10.0 Å². The Balaban J connectivity index is 4.03. The molecule has 0 aliphatic rings. The number of rotatable bonds is 9. The number of alkyl halides is 1. The van der Waals surface area contributed by atoms with Gasteiger partial charge in [-0.2, -0.15) is 0 Å². The van der Waals surface area contributed by atoms with Gasteiger partial charge in [-0.15, -0.1) is 11.6 Å². The minimum atomic E-state index is -3.25. The largest absolute Gasteiger partial charge is 0.384 e. The third-order valence-corrected chi connectivity index (χ3v) is 4.44. The Bertz CT molecular complexity index is 265. The molecule has 0 bridgehead atoms. The lowest BCUT2D eigenvalue weighted by Crippen LogP contribution is -2.35. The molecule has 1 unspecified atom stereocenters. The monoisotopic (exact) mass is 271 g/mol. The van der Waals surface area contributed by atoms with Crippen LogP contribution in [0.5, 0.6) is 0 Å². The average Bonchev–Trinajstić information content (AvgIpc) is 2.25. The first-order valence-corrected chi connectivity index (χ1v) is 7.66. The van der Waals surface area contributed by atoms with Crippen LogP contribution in [0, 0.1) is 5.92 Å². The molecule has 98 valence electrons. The van der Waals surface area contributed by atoms with Crippen LogP contribution in [0.1, 0.15) is 26.7 Å². The van der Waals surface area contributed by atoms with E-state index >= 15 is 0 Å². The van der Waals surface area contributed by atoms with Gasteiger partial charge in [-0.05, 0) is 5.92 Å². The van der Waals surface area contributed by atoms with Crippen LogP contribution < -0.4 is 4.72 Å². The van der Waals surface area contributed by atoms with Crippen LogP contribution in [-0.4, -0.2) is 39.8 Å². The van der Waals surface area contributed by atoms with Crippen LogP contribution in [0.2, 0.25) is 0 Å². The summed E-state index contributed by atoms with van der Waals surface area (Å²) in [4.78, 5) is 0. The van der Waals surface area contributed by atoms with Crippen molar-refractivity contribution in [1.29, 1.82) is 0 Å². The van der Waals surface area contributed by atoms with Crippen molar-refractivity contribution in [3.63, 3.8) is 0 Å². The van der Waals surface area contributed by atoms with Gasteiger partial charge in [-0.3, -0.25) is 0 Å². The molecular weight excluding hydrogens is 250 g/mol. The summed E-state index contributed by atoms with van der Waals surface area (Å²) in [5, 5.41) is -0.146. The summed E-state index contributed by atoms with van der Waals surface area (Å²) < 4.78 is 30.1. The first-order chi connectivity index (χ1) is 7.46. The molecule has 0 saturated heterocycles. The zero-order chi connectivity index (χ0) is 12.6. The summed E-state index contributed by atoms with van der Waals surface area (Å²) in [5.74, 6) is 0.336. The van der Waals surface area contributed by atoms with Gasteiger partial charge in [0.05, 0.1) is 12.4 Å². The lowest BCUT2D eigenvalue weighted by atomic mass is 9.99. The van der Waals surface area contributed by atoms with E-state index in [9.17, 15) is 8.42 Å². The normalized spacial score (nSPS) is 14.3. The van der Waals surface area contributed by atoms with E-state index in [1.54, 1.807) is 0 Å². The van der Waals surface area contributed by atoms with E-state index in [2.05, 4.69) is 18.6 Å². The van der Waals surface area contributed by atoms with Gasteiger partial charge in [0.15, 0.2) is 0 Å². The van der Waals surface area contributed by atoms with Crippen molar-refractivity contribution in [1.82, 2.24) is 4.72 Å². The zero-order valence-electron chi connectivity index (χ0n) is 10.2. The average molecular weight is 272 g/mol. The second-order valence-corrected chi connectivity index (χ2v) is 6.24. The molecule has 0 rings (SSSR count). The Hall–Kier alpha value is 0.160. The fourth-order valence-corrected chi connectivity index (χ4v) is 2.93. The van der Waals surface area contributed by atoms with Crippen molar-refractivity contribution >= 4 is 21.6 Å². The highest BCUT2D eigenvalue weighted by molar-refractivity contribution is 7.89. The van der Waals surface area contributed by atoms with E-state index in [-0.39, 0.29) is 17.7 Å². The molecule has 0 aliphatic carbocycles. The third kappa shape index (κ3) is 6.68. The zero-order valence-corrected chi connectivity index (χ0v) is 11.8. The minimum Gasteiger partial charge on any atom is -0.384 e. The number of methoxy groups -OCH3 is 1. The number of hydrogen-bond donors (Lipinski definition) is 1. The van der Waals surface area contributed by atoms with Crippen LogP contribution in [0.25, 0.3) is 0 Å². The van der Waals surface area contributed by atoms with Crippen molar-refractivity contribution in [2.75, 3.05) is 26.0 Å². The summed E-state index contributed by atoms with van der Waals surface area (Å²) in [5.41, 5.74) is 0. The second-order valence-electron chi connectivity index (χ2n) is 3.75. The summed E-state index contributed by atoms with van der Waals surface area (Å²) >= 11 is 6.13. The van der Waals surface area contributed by atoms with Gasteiger partial charge in [-0.1, -0.05) is 26.7 Å². The van der Waals surface area contributed by atoms with Crippen molar-refractivity contribution in [3.05, 3.63) is 0 Å². The lowest BCUT2D eigenvalue weighted by molar-refractivity contribution is 0.217. The maximum absolute atomic E-state index is 11.4. The van der Waals surface area contributed by atoms with Crippen LogP contribution >= 0.6 is 11.6 Å². The fourth-order valence-electron chi connectivity index (χ4n) is 1.44. The maximum atomic E-state index is 11.4. The molecule has 0 radical (unpaired) electrons. The lowest BCUT2D eigenvalue weighted by Gasteiger charge is -2.19. The number of halogens is 1. The second kappa shape index (κ2) is 8.28. The van der Waals surface area contributed by atoms with Crippen molar-refractivity contribution in [3.8, 4) is 0 Å². The maximum Gasteiger partial charge on any atom is 0.213 e. The standard InChI is InChI=1S/C10H22ClNO3S/c1-4-9(5-2)10(11)8-12-16(13,14)7-6-15-3/h9-10,12H,4-8H2,1-3H3. The molecule has 16 heavy (non-hydrogen) atoms. The Labute approximate surface area is 104 Å². The number of ether oxygens (including phenoxy) is 1. The van der Waals surface area contributed by atoms with Gasteiger partial charge in [0, 0.05) is 19.0 Å². The van der Waals surface area contributed by atoms with Crippen LogP contribution in [0.4, 0.5) is 0 Å². The molecule has 6 heteroatoms. The van der Waals surface area contributed by atoms with Crippen molar-refractivity contribution in [2.24, 2.45) is 5.92 Å². The molecule has 0 aromatic carbocycles. The van der Waals surface area contributed by atoms with E-state index in [1.807, 2.05) is 0 Å². The molecule has 0 heterocycles. The summed E-state index contributed by atoms with van der Waals surface area (Å²) in [6.45, 7) is 4.61. The number of nitrogens with one attached hydrogen (secondary N) is 1. The van der Waals surface area contributed by atoms with E-state index < -0.39 is 10.0 Å². The van der Waals surface area contributed by atoms with Crippen molar-refractivity contribution in [2.45, 2.75) is 32.1 Å². The van der Waals surface area contributed by atoms with Gasteiger partial charge in [-0.25, -0.2) is 13.1 Å². The van der Waals surface area contributed by atoms with E-state index in [1.165, 1.54) is 7.11 Å². The molecule has 0 fully saturated rings. The predicted octanol–water partition coefficient (Wildman–Crippen LogP) is 1.60. The fraction of sp³-hybridized carbons (Fsp3) is 1.00. The molecule has 1 N–H and O–H groups in total. The van der Waals surface area contributed by atoms with Crippen LogP contribution in [0.15, 0.2) is 0 Å². The molecule has 1 atom stereocenters. The highest BCUT2D eigenvalue weighted by atomic mass is 35.5. The summed E-state index contributed by atoms with van der Waals surface area (Å²) in [7, 11) is -1.77. The van der Waals surface area contributed by atoms with Crippen LogP contribution in [0.3, 0.4) is 0 Å². The molecule has 0 aliphatic heterocycles. The van der Waals surface area contributed by atoms with E-state index in [0.717, 1.165) is 12.8 Å². The quantitative estimate of drug-likeness (QED) is 0.648. The third-order valence-electron chi connectivity index (χ3n) is 2.61. The van der Waals surface area contributed by atoms with Gasteiger partial charge >= 0.3 is 0 Å². The predicted molar refractivity (Wildman–Crippen MR) is 67.4 cm³/mol. The Morgan fingerprint density at radius 3 is 2.31 bits per heavy atom. The molecule has 0 aromatic heterocycles. The minimum absolute atomic E-state index is 0.0178. The molecule has 0 spiro atoms. The Morgan fingerprint density at radius 1 is 1.31 bits per heavy atom. The molecule has 0 aromatic rings. The topological polar surface area (TPSA) is 55.4 Å². The van der Waals surface area contributed by atoms with Crippen LogP contribution in [-0.2, 0) is 14.8 Å². The summed E-state index contributed by atoms with van der Waals surface area (Å²) in [6, 6.07) is 0. The molecule has 0 saturated carbocycles. The summed E-state index contributed by atoms with van der Waals surface area (Å²) in [6.07, 6.45) is 1.93. The highest BCUT2D eigenvalue weighted by Gasteiger charge is 2.18. The first kappa shape index (κ1) is 16.2. The number of hydrogen-bond acceptors (Lipinski definition) is 3. The van der Waals surface area contributed by atoms with Gasteiger partial charge < -0.3 is 4.74 Å². The molecule has 4 nitrogen and oxygen atoms in total. The Kier molecular flexibility index (Phi) is 8.36. The van der Waals surface area contributed by atoms with E-state index in [0.29, 0.717) is 12.5 Å². The highest BCUT2D eigenvalue weighted by Crippen LogP contribution is 2.17. The van der Waals surface area contributed by atoms with E-state index in [4.69, 9.17) is 16.3 Å². The van der Waals surface area contributed by atoms with Crippen molar-refractivity contribution < 1.29 is 13.2 Å². The number of sulfonamides is 1.